The van der Waals surface area contributed by atoms with Crippen LogP contribution in [0, 0.1) is 6.92 Å². The second-order valence-electron chi connectivity index (χ2n) is 4.18. The molecular formula is C13H19N5. The number of aromatic nitrogens is 4. The normalized spacial score (nSPS) is 10.6. The average molecular weight is 245 g/mol. The van der Waals surface area contributed by atoms with E-state index in [9.17, 15) is 0 Å². The number of aryl methyl sites for hydroxylation is 2. The quantitative estimate of drug-likeness (QED) is 0.878. The lowest BCUT2D eigenvalue weighted by Crippen LogP contribution is -2.08. The van der Waals surface area contributed by atoms with E-state index < -0.39 is 0 Å². The Morgan fingerprint density at radius 2 is 2.11 bits per heavy atom. The molecule has 0 amide bonds. The van der Waals surface area contributed by atoms with E-state index in [0.29, 0.717) is 5.95 Å². The van der Waals surface area contributed by atoms with Crippen LogP contribution in [-0.4, -0.2) is 26.1 Å². The van der Waals surface area contributed by atoms with E-state index >= 15 is 0 Å². The number of hydrogen-bond acceptors (Lipinski definition) is 4. The maximum absolute atomic E-state index is 4.51. The highest BCUT2D eigenvalue weighted by Crippen LogP contribution is 2.13. The van der Waals surface area contributed by atoms with Crippen LogP contribution in [-0.2, 0) is 6.42 Å². The molecule has 0 fully saturated rings. The van der Waals surface area contributed by atoms with Crippen LogP contribution < -0.4 is 5.32 Å². The minimum atomic E-state index is 0.670. The van der Waals surface area contributed by atoms with E-state index in [4.69, 9.17) is 0 Å². The summed E-state index contributed by atoms with van der Waals surface area (Å²) >= 11 is 0. The molecular weight excluding hydrogens is 226 g/mol. The highest BCUT2D eigenvalue weighted by atomic mass is 15.2. The molecule has 2 aromatic rings. The Morgan fingerprint density at radius 3 is 2.83 bits per heavy atom. The van der Waals surface area contributed by atoms with Gasteiger partial charge in [0.05, 0.1) is 0 Å². The van der Waals surface area contributed by atoms with Gasteiger partial charge >= 0.3 is 0 Å². The first kappa shape index (κ1) is 12.5. The van der Waals surface area contributed by atoms with Crippen molar-refractivity contribution < 1.29 is 0 Å². The zero-order chi connectivity index (χ0) is 13.0. The largest absolute Gasteiger partial charge is 0.354 e. The van der Waals surface area contributed by atoms with Gasteiger partial charge in [0.15, 0.2) is 0 Å². The summed E-state index contributed by atoms with van der Waals surface area (Å²) in [6, 6.07) is 1.97. The molecule has 0 atom stereocenters. The Morgan fingerprint density at radius 1 is 1.28 bits per heavy atom. The second-order valence-corrected chi connectivity index (χ2v) is 4.18. The van der Waals surface area contributed by atoms with Gasteiger partial charge in [-0.15, -0.1) is 0 Å². The molecule has 2 rings (SSSR count). The molecule has 0 aromatic carbocycles. The Bertz CT molecular complexity index is 518. The van der Waals surface area contributed by atoms with Crippen molar-refractivity contribution in [1.29, 1.82) is 0 Å². The van der Waals surface area contributed by atoms with Crippen molar-refractivity contribution in [1.82, 2.24) is 19.5 Å². The van der Waals surface area contributed by atoms with E-state index in [1.54, 1.807) is 0 Å². The van der Waals surface area contributed by atoms with Gasteiger partial charge in [-0.25, -0.2) is 9.97 Å². The van der Waals surface area contributed by atoms with Crippen molar-refractivity contribution in [3.8, 4) is 5.82 Å². The minimum absolute atomic E-state index is 0.670. The number of rotatable bonds is 5. The van der Waals surface area contributed by atoms with Crippen LogP contribution in [0.3, 0.4) is 0 Å². The van der Waals surface area contributed by atoms with Crippen molar-refractivity contribution in [2.24, 2.45) is 0 Å². The smallest absolute Gasteiger partial charge is 0.224 e. The summed E-state index contributed by atoms with van der Waals surface area (Å²) in [7, 11) is 0. The third-order valence-electron chi connectivity index (χ3n) is 2.61. The van der Waals surface area contributed by atoms with Gasteiger partial charge in [0, 0.05) is 37.1 Å². The molecule has 2 heterocycles. The number of hydrogen-bond donors (Lipinski definition) is 1. The zero-order valence-corrected chi connectivity index (χ0v) is 11.1. The topological polar surface area (TPSA) is 55.6 Å². The van der Waals surface area contributed by atoms with E-state index in [2.05, 4.69) is 27.2 Å². The molecule has 0 saturated carbocycles. The fourth-order valence-electron chi connectivity index (χ4n) is 1.86. The van der Waals surface area contributed by atoms with Gasteiger partial charge in [0.25, 0.3) is 0 Å². The van der Waals surface area contributed by atoms with Crippen LogP contribution in [0.2, 0.25) is 0 Å². The van der Waals surface area contributed by atoms with E-state index in [1.165, 1.54) is 0 Å². The molecule has 18 heavy (non-hydrogen) atoms. The van der Waals surface area contributed by atoms with Crippen molar-refractivity contribution in [2.75, 3.05) is 11.9 Å². The van der Waals surface area contributed by atoms with Crippen LogP contribution in [0.1, 0.15) is 31.8 Å². The van der Waals surface area contributed by atoms with Crippen LogP contribution in [0.5, 0.6) is 0 Å². The fraction of sp³-hybridized carbons (Fsp3) is 0.462. The molecule has 0 saturated heterocycles. The lowest BCUT2D eigenvalue weighted by molar-refractivity contribution is 0.794. The predicted molar refractivity (Wildman–Crippen MR) is 72.0 cm³/mol. The lowest BCUT2D eigenvalue weighted by atomic mass is 10.3. The Hall–Kier alpha value is -1.91. The summed E-state index contributed by atoms with van der Waals surface area (Å²) in [6.07, 6.45) is 5.78. The Labute approximate surface area is 107 Å². The molecule has 0 spiro atoms. The van der Waals surface area contributed by atoms with Gasteiger partial charge in [-0.2, -0.15) is 4.98 Å². The first-order chi connectivity index (χ1) is 8.74. The summed E-state index contributed by atoms with van der Waals surface area (Å²) in [5.41, 5.74) is 0.951. The van der Waals surface area contributed by atoms with Crippen molar-refractivity contribution in [2.45, 2.75) is 33.6 Å². The SMILES string of the molecule is CCCc1nccn1-c1cc(C)nc(NCC)n1. The van der Waals surface area contributed by atoms with E-state index in [-0.39, 0.29) is 0 Å². The molecule has 0 radical (unpaired) electrons. The first-order valence-electron chi connectivity index (χ1n) is 6.36. The van der Waals surface area contributed by atoms with Gasteiger partial charge in [-0.1, -0.05) is 6.92 Å². The molecule has 5 nitrogen and oxygen atoms in total. The lowest BCUT2D eigenvalue weighted by Gasteiger charge is -2.09. The second kappa shape index (κ2) is 5.62. The standard InChI is InChI=1S/C13H19N5/c1-4-6-11-15-7-8-18(11)12-9-10(3)16-13(17-12)14-5-2/h7-9H,4-6H2,1-3H3,(H,14,16,17). The molecule has 0 unspecified atom stereocenters. The number of imidazole rings is 1. The van der Waals surface area contributed by atoms with Gasteiger partial charge in [0.2, 0.25) is 5.95 Å². The summed E-state index contributed by atoms with van der Waals surface area (Å²) in [6.45, 7) is 6.97. The first-order valence-corrected chi connectivity index (χ1v) is 6.36. The van der Waals surface area contributed by atoms with Gasteiger partial charge in [-0.3, -0.25) is 4.57 Å². The summed E-state index contributed by atoms with van der Waals surface area (Å²) in [5.74, 6) is 2.58. The number of anilines is 1. The monoisotopic (exact) mass is 245 g/mol. The molecule has 2 aromatic heterocycles. The maximum atomic E-state index is 4.51. The molecule has 0 aliphatic rings. The predicted octanol–water partition coefficient (Wildman–Crippen LogP) is 2.36. The van der Waals surface area contributed by atoms with Crippen LogP contribution >= 0.6 is 0 Å². The molecule has 96 valence electrons. The Kier molecular flexibility index (Phi) is 3.92. The highest BCUT2D eigenvalue weighted by Gasteiger charge is 2.07. The molecule has 5 heteroatoms. The van der Waals surface area contributed by atoms with Crippen molar-refractivity contribution in [3.63, 3.8) is 0 Å². The average Bonchev–Trinajstić information content (AvgIpc) is 2.77. The number of nitrogens with one attached hydrogen (secondary N) is 1. The highest BCUT2D eigenvalue weighted by molar-refractivity contribution is 5.35. The molecule has 0 aliphatic carbocycles. The molecule has 0 aliphatic heterocycles. The molecule has 0 bridgehead atoms. The maximum Gasteiger partial charge on any atom is 0.224 e. The minimum Gasteiger partial charge on any atom is -0.354 e. The van der Waals surface area contributed by atoms with E-state index in [1.807, 2.05) is 36.9 Å². The third kappa shape index (κ3) is 2.67. The summed E-state index contributed by atoms with van der Waals surface area (Å²) < 4.78 is 2.03. The van der Waals surface area contributed by atoms with Crippen molar-refractivity contribution in [3.05, 3.63) is 30.0 Å². The Balaban J connectivity index is 2.39. The zero-order valence-electron chi connectivity index (χ0n) is 11.1. The number of nitrogens with zero attached hydrogens (tertiary/aromatic N) is 4. The van der Waals surface area contributed by atoms with Crippen molar-refractivity contribution >= 4 is 5.95 Å². The third-order valence-corrected chi connectivity index (χ3v) is 2.61. The molecule has 1 N–H and O–H groups in total. The summed E-state index contributed by atoms with van der Waals surface area (Å²) in [4.78, 5) is 13.2. The van der Waals surface area contributed by atoms with Crippen LogP contribution in [0.25, 0.3) is 5.82 Å². The van der Waals surface area contributed by atoms with Crippen LogP contribution in [0.4, 0.5) is 5.95 Å². The fourth-order valence-corrected chi connectivity index (χ4v) is 1.86. The van der Waals surface area contributed by atoms with E-state index in [0.717, 1.165) is 36.7 Å². The van der Waals surface area contributed by atoms with Gasteiger partial charge in [-0.05, 0) is 20.3 Å². The van der Waals surface area contributed by atoms with Crippen LogP contribution in [0.15, 0.2) is 18.5 Å². The van der Waals surface area contributed by atoms with Gasteiger partial charge < -0.3 is 5.32 Å². The summed E-state index contributed by atoms with van der Waals surface area (Å²) in [5, 5.41) is 3.15. The van der Waals surface area contributed by atoms with Gasteiger partial charge in [0.1, 0.15) is 11.6 Å².